The highest BCUT2D eigenvalue weighted by Crippen LogP contribution is 2.26. The summed E-state index contributed by atoms with van der Waals surface area (Å²) in [6.07, 6.45) is 7.97. The van der Waals surface area contributed by atoms with Crippen LogP contribution >= 0.6 is 0 Å². The van der Waals surface area contributed by atoms with Crippen molar-refractivity contribution in [2.75, 3.05) is 20.1 Å². The molecular weight excluding hydrogens is 224 g/mol. The van der Waals surface area contributed by atoms with Crippen LogP contribution in [0.15, 0.2) is 12.4 Å². The Morgan fingerprint density at radius 2 is 2.33 bits per heavy atom. The van der Waals surface area contributed by atoms with Gasteiger partial charge in [0.25, 0.3) is 0 Å². The number of aromatic nitrogens is 2. The van der Waals surface area contributed by atoms with Gasteiger partial charge in [0.2, 0.25) is 0 Å². The Bertz CT molecular complexity index is 360. The Morgan fingerprint density at radius 3 is 3.00 bits per heavy atom. The summed E-state index contributed by atoms with van der Waals surface area (Å²) in [6, 6.07) is 0.721. The third-order valence-corrected chi connectivity index (χ3v) is 4.00. The quantitative estimate of drug-likeness (QED) is 0.833. The van der Waals surface area contributed by atoms with Gasteiger partial charge in [0.15, 0.2) is 0 Å². The fourth-order valence-electron chi connectivity index (χ4n) is 3.04. The predicted molar refractivity (Wildman–Crippen MR) is 74.3 cm³/mol. The van der Waals surface area contributed by atoms with Crippen LogP contribution in [0.3, 0.4) is 0 Å². The van der Waals surface area contributed by atoms with Gasteiger partial charge in [-0.3, -0.25) is 4.90 Å². The van der Waals surface area contributed by atoms with Crippen molar-refractivity contribution in [2.24, 2.45) is 13.0 Å². The highest BCUT2D eigenvalue weighted by Gasteiger charge is 2.27. The van der Waals surface area contributed by atoms with Crippen molar-refractivity contribution in [1.29, 1.82) is 0 Å². The lowest BCUT2D eigenvalue weighted by atomic mass is 10.0. The maximum absolute atomic E-state index is 4.39. The molecule has 0 radical (unpaired) electrons. The van der Waals surface area contributed by atoms with E-state index < -0.39 is 0 Å². The van der Waals surface area contributed by atoms with Crippen molar-refractivity contribution >= 4 is 0 Å². The molecule has 1 N–H and O–H groups in total. The lowest BCUT2D eigenvalue weighted by Crippen LogP contribution is -2.38. The van der Waals surface area contributed by atoms with Gasteiger partial charge in [-0.2, -0.15) is 0 Å². The zero-order valence-electron chi connectivity index (χ0n) is 11.9. The molecule has 1 saturated carbocycles. The zero-order chi connectivity index (χ0) is 13.0. The topological polar surface area (TPSA) is 33.1 Å². The molecule has 18 heavy (non-hydrogen) atoms. The van der Waals surface area contributed by atoms with E-state index in [9.17, 15) is 0 Å². The van der Waals surface area contributed by atoms with E-state index in [1.165, 1.54) is 25.8 Å². The number of imidazole rings is 1. The second-order valence-corrected chi connectivity index (χ2v) is 5.51. The molecule has 1 aliphatic rings. The molecule has 2 unspecified atom stereocenters. The molecule has 0 amide bonds. The fraction of sp³-hybridized carbons (Fsp3) is 0.786. The zero-order valence-corrected chi connectivity index (χ0v) is 11.9. The van der Waals surface area contributed by atoms with E-state index in [0.29, 0.717) is 0 Å². The molecular formula is C14H26N4. The molecule has 2 rings (SSSR count). The van der Waals surface area contributed by atoms with Crippen LogP contribution in [-0.4, -0.2) is 40.6 Å². The summed E-state index contributed by atoms with van der Waals surface area (Å²) in [5.74, 6) is 1.95. The van der Waals surface area contributed by atoms with Crippen LogP contribution in [0.1, 0.15) is 32.0 Å². The van der Waals surface area contributed by atoms with Crippen LogP contribution in [0, 0.1) is 5.92 Å². The Balaban J connectivity index is 1.83. The highest BCUT2D eigenvalue weighted by molar-refractivity contribution is 4.91. The van der Waals surface area contributed by atoms with Gasteiger partial charge in [-0.15, -0.1) is 0 Å². The Kier molecular flexibility index (Phi) is 4.78. The summed E-state index contributed by atoms with van der Waals surface area (Å²) < 4.78 is 2.10. The number of nitrogens with one attached hydrogen (secondary N) is 1. The van der Waals surface area contributed by atoms with Crippen molar-refractivity contribution in [3.63, 3.8) is 0 Å². The van der Waals surface area contributed by atoms with Crippen molar-refractivity contribution < 1.29 is 0 Å². The van der Waals surface area contributed by atoms with E-state index >= 15 is 0 Å². The summed E-state index contributed by atoms with van der Waals surface area (Å²) in [7, 11) is 4.27. The van der Waals surface area contributed by atoms with Crippen molar-refractivity contribution in [2.45, 2.75) is 38.8 Å². The number of hydrogen-bond donors (Lipinski definition) is 1. The van der Waals surface area contributed by atoms with Gasteiger partial charge in [0.05, 0.1) is 6.54 Å². The molecule has 0 spiro atoms. The van der Waals surface area contributed by atoms with Gasteiger partial charge in [0.1, 0.15) is 5.82 Å². The third-order valence-electron chi connectivity index (χ3n) is 4.00. The Morgan fingerprint density at radius 1 is 1.50 bits per heavy atom. The minimum absolute atomic E-state index is 0.721. The average Bonchev–Trinajstić information content (AvgIpc) is 2.91. The molecule has 0 bridgehead atoms. The molecule has 1 aromatic rings. The van der Waals surface area contributed by atoms with E-state index in [2.05, 4.69) is 40.8 Å². The summed E-state index contributed by atoms with van der Waals surface area (Å²) in [6.45, 7) is 5.40. The van der Waals surface area contributed by atoms with Crippen LogP contribution in [0.4, 0.5) is 0 Å². The van der Waals surface area contributed by atoms with Gasteiger partial charge in [0, 0.05) is 32.0 Å². The maximum atomic E-state index is 4.39. The van der Waals surface area contributed by atoms with Gasteiger partial charge in [-0.1, -0.05) is 13.3 Å². The van der Waals surface area contributed by atoms with Crippen LogP contribution in [-0.2, 0) is 13.6 Å². The first-order chi connectivity index (χ1) is 8.70. The second-order valence-electron chi connectivity index (χ2n) is 5.51. The second kappa shape index (κ2) is 6.34. The fourth-order valence-corrected chi connectivity index (χ4v) is 3.04. The van der Waals surface area contributed by atoms with Crippen LogP contribution in [0.25, 0.3) is 0 Å². The number of aryl methyl sites for hydroxylation is 1. The summed E-state index contributed by atoms with van der Waals surface area (Å²) in [5.41, 5.74) is 0. The molecule has 102 valence electrons. The molecule has 0 aromatic carbocycles. The number of rotatable bonds is 6. The first-order valence-electron chi connectivity index (χ1n) is 7.08. The minimum Gasteiger partial charge on any atom is -0.337 e. The molecule has 1 heterocycles. The van der Waals surface area contributed by atoms with Gasteiger partial charge < -0.3 is 9.88 Å². The van der Waals surface area contributed by atoms with Crippen molar-refractivity contribution in [3.8, 4) is 0 Å². The SMILES string of the molecule is CCNC1CCCC1CN(C)Cc1nccn1C. The average molecular weight is 250 g/mol. The number of hydrogen-bond acceptors (Lipinski definition) is 3. The summed E-state index contributed by atoms with van der Waals surface area (Å²) >= 11 is 0. The molecule has 4 heteroatoms. The minimum atomic E-state index is 0.721. The van der Waals surface area contributed by atoms with Crippen LogP contribution in [0.5, 0.6) is 0 Å². The first-order valence-corrected chi connectivity index (χ1v) is 7.08. The smallest absolute Gasteiger partial charge is 0.122 e. The third kappa shape index (κ3) is 3.33. The lowest BCUT2D eigenvalue weighted by Gasteiger charge is -2.25. The van der Waals surface area contributed by atoms with Gasteiger partial charge >= 0.3 is 0 Å². The Hall–Kier alpha value is -0.870. The maximum Gasteiger partial charge on any atom is 0.122 e. The van der Waals surface area contributed by atoms with Crippen molar-refractivity contribution in [3.05, 3.63) is 18.2 Å². The van der Waals surface area contributed by atoms with E-state index in [0.717, 1.165) is 30.9 Å². The molecule has 4 nitrogen and oxygen atoms in total. The lowest BCUT2D eigenvalue weighted by molar-refractivity contribution is 0.240. The van der Waals surface area contributed by atoms with E-state index in [4.69, 9.17) is 0 Å². The first kappa shape index (κ1) is 13.6. The molecule has 0 saturated heterocycles. The standard InChI is InChI=1S/C14H26N4/c1-4-15-13-7-5-6-12(13)10-17(2)11-14-16-8-9-18(14)3/h8-9,12-13,15H,4-7,10-11H2,1-3H3. The molecule has 1 fully saturated rings. The van der Waals surface area contributed by atoms with Gasteiger partial charge in [-0.25, -0.2) is 4.98 Å². The summed E-state index contributed by atoms with van der Waals surface area (Å²) in [4.78, 5) is 6.80. The van der Waals surface area contributed by atoms with Crippen LogP contribution < -0.4 is 5.32 Å². The predicted octanol–water partition coefficient (Wildman–Crippen LogP) is 1.63. The van der Waals surface area contributed by atoms with E-state index in [1.807, 2.05) is 12.4 Å². The molecule has 1 aliphatic carbocycles. The van der Waals surface area contributed by atoms with Crippen LogP contribution in [0.2, 0.25) is 0 Å². The summed E-state index contributed by atoms with van der Waals surface area (Å²) in [5, 5.41) is 3.62. The van der Waals surface area contributed by atoms with E-state index in [-0.39, 0.29) is 0 Å². The molecule has 2 atom stereocenters. The number of nitrogens with zero attached hydrogens (tertiary/aromatic N) is 3. The highest BCUT2D eigenvalue weighted by atomic mass is 15.2. The normalized spacial score (nSPS) is 24.0. The molecule has 1 aromatic heterocycles. The van der Waals surface area contributed by atoms with E-state index in [1.54, 1.807) is 0 Å². The monoisotopic (exact) mass is 250 g/mol. The largest absolute Gasteiger partial charge is 0.337 e. The van der Waals surface area contributed by atoms with Gasteiger partial charge in [-0.05, 0) is 32.4 Å². The molecule has 0 aliphatic heterocycles. The Labute approximate surface area is 110 Å². The van der Waals surface area contributed by atoms with Crippen molar-refractivity contribution in [1.82, 2.24) is 19.8 Å².